The fourth-order valence-electron chi connectivity index (χ4n) is 4.84. The van der Waals surface area contributed by atoms with E-state index in [1.54, 1.807) is 43.5 Å². The second kappa shape index (κ2) is 9.52. The third-order valence-electron chi connectivity index (χ3n) is 6.65. The number of H-pyrrole nitrogens is 2. The molecule has 0 radical (unpaired) electrons. The Morgan fingerprint density at radius 2 is 1.82 bits per heavy atom. The highest BCUT2D eigenvalue weighted by Crippen LogP contribution is 2.41. The fourth-order valence-corrected chi connectivity index (χ4v) is 5.06. The smallest absolute Gasteiger partial charge is 0.378 e. The summed E-state index contributed by atoms with van der Waals surface area (Å²) in [6.07, 6.45) is 0.172. The topological polar surface area (TPSA) is 130 Å². The number of aryl methyl sites for hydroxylation is 1. The summed E-state index contributed by atoms with van der Waals surface area (Å²) >= 11 is 4.73. The number of pyridine rings is 1. The number of ether oxygens (including phenoxy) is 1. The maximum absolute atomic E-state index is 14.1. The van der Waals surface area contributed by atoms with E-state index in [0.717, 1.165) is 6.07 Å². The van der Waals surface area contributed by atoms with Gasteiger partial charge in [0.1, 0.15) is 21.8 Å². The molecule has 4 aromatic heterocycles. The first-order chi connectivity index (χ1) is 19.0. The highest BCUT2D eigenvalue weighted by molar-refractivity contribution is 7.81. The monoisotopic (exact) mass is 571 g/mol. The number of benzene rings is 1. The third kappa shape index (κ3) is 4.64. The molecule has 0 unspecified atom stereocenters. The fraction of sp³-hybridized carbons (Fsp3) is 0.320. The maximum atomic E-state index is 14.1. The third-order valence-corrected chi connectivity index (χ3v) is 6.97. The van der Waals surface area contributed by atoms with Gasteiger partial charge in [0.25, 0.3) is 5.56 Å². The summed E-state index contributed by atoms with van der Waals surface area (Å²) in [6, 6.07) is 4.08. The molecule has 1 atom stereocenters. The molecule has 5 heterocycles. The molecule has 1 aliphatic rings. The first-order valence-electron chi connectivity index (χ1n) is 12.3. The lowest BCUT2D eigenvalue weighted by Crippen LogP contribution is -2.37. The van der Waals surface area contributed by atoms with Crippen molar-refractivity contribution in [3.8, 4) is 11.4 Å². The highest BCUT2D eigenvalue weighted by atomic mass is 32.1. The van der Waals surface area contributed by atoms with Crippen molar-refractivity contribution >= 4 is 46.1 Å². The van der Waals surface area contributed by atoms with Crippen LogP contribution in [0.25, 0.3) is 33.5 Å². The predicted octanol–water partition coefficient (Wildman–Crippen LogP) is 3.66. The van der Waals surface area contributed by atoms with Gasteiger partial charge in [-0.25, -0.2) is 15.0 Å². The second-order valence-corrected chi connectivity index (χ2v) is 10.5. The van der Waals surface area contributed by atoms with Crippen molar-refractivity contribution < 1.29 is 17.9 Å². The summed E-state index contributed by atoms with van der Waals surface area (Å²) in [6.45, 7) is 3.00. The van der Waals surface area contributed by atoms with Gasteiger partial charge in [-0.15, -0.1) is 12.6 Å². The first-order valence-corrected chi connectivity index (χ1v) is 12.8. The first kappa shape index (κ1) is 26.1. The Balaban J connectivity index is 1.55. The number of imidazole rings is 1. The molecule has 0 aliphatic carbocycles. The Hall–Kier alpha value is -4.11. The maximum Gasteiger partial charge on any atom is 0.418 e. The van der Waals surface area contributed by atoms with Gasteiger partial charge in [-0.05, 0) is 25.1 Å². The summed E-state index contributed by atoms with van der Waals surface area (Å²) in [7, 11) is 1.70. The molecule has 6 rings (SSSR count). The molecule has 1 fully saturated rings. The number of rotatable bonds is 5. The lowest BCUT2D eigenvalue weighted by molar-refractivity contribution is -0.137. The normalized spacial score (nSPS) is 16.0. The van der Waals surface area contributed by atoms with Crippen molar-refractivity contribution in [2.45, 2.75) is 18.0 Å². The van der Waals surface area contributed by atoms with Crippen LogP contribution in [-0.2, 0) is 22.8 Å². The van der Waals surface area contributed by atoms with Crippen molar-refractivity contribution in [2.24, 2.45) is 7.05 Å². The van der Waals surface area contributed by atoms with Crippen molar-refractivity contribution in [3.05, 3.63) is 58.5 Å². The molecule has 3 N–H and O–H groups in total. The minimum atomic E-state index is -4.60. The standard InChI is InChI=1S/C25H24F3N9O2S/c1-24(40,23-29-4-3-5-30-23)34-20-18(22(38)33-16-12-36(2)35-19(16)20)21-31-14-10-13(25(26,27)28)17(11-15(14)32-21)37-6-8-39-9-7-37/h3-5,10-12,34,40H,6-9H2,1-2H3,(H,31,32)(H,33,38)/t24-/m0/s1. The van der Waals surface area contributed by atoms with Crippen LogP contribution in [0.5, 0.6) is 0 Å². The number of halogens is 3. The van der Waals surface area contributed by atoms with Crippen molar-refractivity contribution in [3.63, 3.8) is 0 Å². The van der Waals surface area contributed by atoms with E-state index in [4.69, 9.17) is 17.4 Å². The van der Waals surface area contributed by atoms with Gasteiger partial charge < -0.3 is 24.9 Å². The molecule has 1 saturated heterocycles. The number of aromatic nitrogens is 7. The molecule has 40 heavy (non-hydrogen) atoms. The molecular formula is C25H24F3N9O2S. The molecular weight excluding hydrogens is 547 g/mol. The number of alkyl halides is 3. The Labute approximate surface area is 230 Å². The minimum Gasteiger partial charge on any atom is -0.378 e. The van der Waals surface area contributed by atoms with Crippen LogP contribution in [0.2, 0.25) is 0 Å². The van der Waals surface area contributed by atoms with Gasteiger partial charge in [0, 0.05) is 38.7 Å². The van der Waals surface area contributed by atoms with E-state index in [1.165, 1.54) is 10.7 Å². The van der Waals surface area contributed by atoms with Crippen molar-refractivity contribution in [1.29, 1.82) is 0 Å². The summed E-state index contributed by atoms with van der Waals surface area (Å²) in [5.74, 6) is 0.403. The summed E-state index contributed by atoms with van der Waals surface area (Å²) in [5.41, 5.74) is 0.270. The number of aromatic amines is 2. The number of thiol groups is 1. The van der Waals surface area contributed by atoms with E-state index in [0.29, 0.717) is 43.2 Å². The zero-order valence-corrected chi connectivity index (χ0v) is 22.3. The van der Waals surface area contributed by atoms with E-state index < -0.39 is 22.2 Å². The van der Waals surface area contributed by atoms with E-state index in [9.17, 15) is 18.0 Å². The van der Waals surface area contributed by atoms with Crippen LogP contribution in [0.15, 0.2) is 41.6 Å². The summed E-state index contributed by atoms with van der Waals surface area (Å²) < 4.78 is 49.2. The van der Waals surface area contributed by atoms with Gasteiger partial charge in [0.2, 0.25) is 0 Å². The van der Waals surface area contributed by atoms with Crippen LogP contribution in [0.3, 0.4) is 0 Å². The average molecular weight is 572 g/mol. The van der Waals surface area contributed by atoms with E-state index in [1.807, 2.05) is 0 Å². The van der Waals surface area contributed by atoms with E-state index in [-0.39, 0.29) is 33.8 Å². The molecule has 208 valence electrons. The SMILES string of the molecule is Cn1cc2[nH]c(=O)c(-c3nc4cc(N5CCOCC5)c(C(F)(F)F)cc4[nH]3)c(N[C@@](C)(S)c3ncccn3)c2n1. The summed E-state index contributed by atoms with van der Waals surface area (Å²) in [4.78, 5) is 32.8. The molecule has 0 saturated carbocycles. The Morgan fingerprint density at radius 1 is 1.10 bits per heavy atom. The zero-order chi connectivity index (χ0) is 28.2. The minimum absolute atomic E-state index is 0.0120. The molecule has 5 aromatic rings. The molecule has 0 bridgehead atoms. The number of fused-ring (bicyclic) bond motifs is 2. The quantitative estimate of drug-likeness (QED) is 0.186. The average Bonchev–Trinajstić information content (AvgIpc) is 3.50. The number of morpholine rings is 1. The molecule has 1 aromatic carbocycles. The molecule has 1 aliphatic heterocycles. The van der Waals surface area contributed by atoms with Gasteiger partial charge >= 0.3 is 6.18 Å². The Bertz CT molecular complexity index is 1770. The molecule has 15 heteroatoms. The number of hydrogen-bond acceptors (Lipinski definition) is 9. The van der Waals surface area contributed by atoms with Crippen molar-refractivity contribution in [2.75, 3.05) is 36.5 Å². The largest absolute Gasteiger partial charge is 0.418 e. The zero-order valence-electron chi connectivity index (χ0n) is 21.4. The number of hydrogen-bond donors (Lipinski definition) is 4. The van der Waals surface area contributed by atoms with Crippen LogP contribution in [-0.4, -0.2) is 61.0 Å². The number of nitrogens with one attached hydrogen (secondary N) is 3. The number of anilines is 2. The van der Waals surface area contributed by atoms with Crippen LogP contribution >= 0.6 is 12.6 Å². The Morgan fingerprint density at radius 3 is 2.52 bits per heavy atom. The van der Waals surface area contributed by atoms with E-state index >= 15 is 0 Å². The van der Waals surface area contributed by atoms with Gasteiger partial charge in [-0.2, -0.15) is 18.3 Å². The van der Waals surface area contributed by atoms with Crippen molar-refractivity contribution in [1.82, 2.24) is 34.7 Å². The Kier molecular flexibility index (Phi) is 6.22. The summed E-state index contributed by atoms with van der Waals surface area (Å²) in [5, 5.41) is 7.72. The van der Waals surface area contributed by atoms with Crippen LogP contribution in [0, 0.1) is 0 Å². The lowest BCUT2D eigenvalue weighted by atomic mass is 10.1. The molecule has 0 amide bonds. The lowest BCUT2D eigenvalue weighted by Gasteiger charge is -2.31. The van der Waals surface area contributed by atoms with Crippen LogP contribution < -0.4 is 15.8 Å². The second-order valence-electron chi connectivity index (χ2n) is 9.61. The van der Waals surface area contributed by atoms with Crippen LogP contribution in [0.4, 0.5) is 24.5 Å². The number of nitrogens with zero attached hydrogens (tertiary/aromatic N) is 6. The van der Waals surface area contributed by atoms with E-state index in [2.05, 4.69) is 35.3 Å². The van der Waals surface area contributed by atoms with Gasteiger partial charge in [0.05, 0.1) is 46.7 Å². The predicted molar refractivity (Wildman–Crippen MR) is 146 cm³/mol. The van der Waals surface area contributed by atoms with Gasteiger partial charge in [-0.1, -0.05) is 0 Å². The van der Waals surface area contributed by atoms with Gasteiger partial charge in [-0.3, -0.25) is 9.48 Å². The van der Waals surface area contributed by atoms with Gasteiger partial charge in [0.15, 0.2) is 5.82 Å². The van der Waals surface area contributed by atoms with Crippen LogP contribution in [0.1, 0.15) is 18.3 Å². The highest BCUT2D eigenvalue weighted by Gasteiger charge is 2.36. The molecule has 11 nitrogen and oxygen atoms in total. The molecule has 0 spiro atoms.